The largest absolute Gasteiger partial charge is 0.497 e. The summed E-state index contributed by atoms with van der Waals surface area (Å²) in [5, 5.41) is 32.4. The molecule has 1 heterocycles. The minimum absolute atomic E-state index is 0.174. The van der Waals surface area contributed by atoms with Crippen molar-refractivity contribution in [3.8, 4) is 17.2 Å². The van der Waals surface area contributed by atoms with E-state index in [2.05, 4.69) is 65.6 Å². The van der Waals surface area contributed by atoms with Crippen LogP contribution in [0.3, 0.4) is 0 Å². The van der Waals surface area contributed by atoms with E-state index in [4.69, 9.17) is 14.2 Å². The van der Waals surface area contributed by atoms with Gasteiger partial charge < -0.3 is 34.4 Å². The van der Waals surface area contributed by atoms with E-state index >= 15 is 0 Å². The number of ether oxygens (including phenoxy) is 3. The van der Waals surface area contributed by atoms with Crippen molar-refractivity contribution in [2.45, 2.75) is 6.16 Å². The maximum atomic E-state index is 11.8. The van der Waals surface area contributed by atoms with E-state index in [-0.39, 0.29) is 19.6 Å². The average molecular weight is 788 g/mol. The van der Waals surface area contributed by atoms with Crippen LogP contribution in [-0.2, 0) is 20.5 Å². The van der Waals surface area contributed by atoms with Crippen LogP contribution < -0.4 is 35.0 Å². The van der Waals surface area contributed by atoms with E-state index < -0.39 is 25.2 Å². The summed E-state index contributed by atoms with van der Waals surface area (Å²) in [4.78, 5) is 42.8. The van der Waals surface area contributed by atoms with Crippen molar-refractivity contribution in [3.63, 3.8) is 0 Å². The summed E-state index contributed by atoms with van der Waals surface area (Å²) in [5.41, 5.74) is 2.06. The van der Waals surface area contributed by atoms with Gasteiger partial charge >= 0.3 is 17.9 Å². The van der Waals surface area contributed by atoms with Crippen LogP contribution in [0.2, 0.25) is 0 Å². The van der Waals surface area contributed by atoms with Gasteiger partial charge in [-0.2, -0.15) is 0 Å². The fourth-order valence-electron chi connectivity index (χ4n) is 7.16. The fraction of sp³-hybridized carbons (Fsp3) is 0.357. The number of anilines is 1. The Morgan fingerprint density at radius 2 is 0.786 bits per heavy atom. The molecular formula is C42H52N4O9P+. The zero-order chi connectivity index (χ0) is 40.1. The van der Waals surface area contributed by atoms with Gasteiger partial charge in [0.25, 0.3) is 0 Å². The highest BCUT2D eigenvalue weighted by atomic mass is 31.2. The Bertz CT molecular complexity index is 1730. The van der Waals surface area contributed by atoms with E-state index in [0.717, 1.165) is 28.5 Å². The second-order valence-corrected chi connectivity index (χ2v) is 17.2. The zero-order valence-electron chi connectivity index (χ0n) is 32.3. The van der Waals surface area contributed by atoms with E-state index in [1.54, 1.807) is 26.2 Å². The lowest BCUT2D eigenvalue weighted by Gasteiger charge is -2.34. The van der Waals surface area contributed by atoms with Crippen LogP contribution in [0.5, 0.6) is 17.2 Å². The molecule has 0 spiro atoms. The molecule has 1 fully saturated rings. The first-order valence-electron chi connectivity index (χ1n) is 18.5. The summed E-state index contributed by atoms with van der Waals surface area (Å²) in [5.74, 6) is -0.585. The number of carbonyl (C=O) groups is 3. The summed E-state index contributed by atoms with van der Waals surface area (Å²) < 4.78 is 16.6. The van der Waals surface area contributed by atoms with Crippen LogP contribution >= 0.6 is 7.26 Å². The van der Waals surface area contributed by atoms with Gasteiger partial charge in [-0.1, -0.05) is 12.1 Å². The Kier molecular flexibility index (Phi) is 15.1. The van der Waals surface area contributed by atoms with E-state index in [1.165, 1.54) is 15.9 Å². The molecule has 13 nitrogen and oxygen atoms in total. The third-order valence-corrected chi connectivity index (χ3v) is 14.6. The number of hydrogen-bond donors (Lipinski definition) is 3. The Hall–Kier alpha value is -5.20. The van der Waals surface area contributed by atoms with E-state index in [0.29, 0.717) is 58.5 Å². The molecular weight excluding hydrogens is 735 g/mol. The summed E-state index contributed by atoms with van der Waals surface area (Å²) in [6, 6.07) is 33.4. The molecule has 56 heavy (non-hydrogen) atoms. The molecule has 3 N–H and O–H groups in total. The molecule has 1 saturated heterocycles. The highest BCUT2D eigenvalue weighted by Crippen LogP contribution is 2.58. The van der Waals surface area contributed by atoms with Crippen LogP contribution in [0.1, 0.15) is 5.56 Å². The van der Waals surface area contributed by atoms with Gasteiger partial charge in [0.15, 0.2) is 0 Å². The number of hydrogen-bond acceptors (Lipinski definition) is 10. The topological polar surface area (TPSA) is 153 Å². The van der Waals surface area contributed by atoms with Crippen molar-refractivity contribution in [1.82, 2.24) is 14.7 Å². The molecule has 0 aromatic heterocycles. The molecule has 1 aliphatic heterocycles. The highest BCUT2D eigenvalue weighted by Gasteiger charge is 2.46. The van der Waals surface area contributed by atoms with E-state index in [1.807, 2.05) is 46.2 Å². The van der Waals surface area contributed by atoms with Crippen LogP contribution in [-0.4, -0.2) is 141 Å². The van der Waals surface area contributed by atoms with Crippen LogP contribution in [0, 0.1) is 0 Å². The normalized spacial score (nSPS) is 15.3. The predicted octanol–water partition coefficient (Wildman–Crippen LogP) is 3.19. The van der Waals surface area contributed by atoms with Gasteiger partial charge in [0.2, 0.25) is 0 Å². The number of carboxylic acids is 3. The zero-order valence-corrected chi connectivity index (χ0v) is 33.1. The lowest BCUT2D eigenvalue weighted by molar-refractivity contribution is -0.140. The minimum Gasteiger partial charge on any atom is -0.497 e. The molecule has 298 valence electrons. The fourth-order valence-corrected chi connectivity index (χ4v) is 11.3. The molecule has 0 aliphatic carbocycles. The number of aliphatic carboxylic acids is 3. The van der Waals surface area contributed by atoms with Crippen molar-refractivity contribution >= 4 is 46.8 Å². The third kappa shape index (κ3) is 11.2. The van der Waals surface area contributed by atoms with Gasteiger partial charge in [0.1, 0.15) is 40.4 Å². The highest BCUT2D eigenvalue weighted by molar-refractivity contribution is 7.95. The Morgan fingerprint density at radius 1 is 0.482 bits per heavy atom. The van der Waals surface area contributed by atoms with Gasteiger partial charge in [0, 0.05) is 58.0 Å². The van der Waals surface area contributed by atoms with Gasteiger partial charge in [-0.3, -0.25) is 29.1 Å². The molecule has 14 heteroatoms. The predicted molar refractivity (Wildman–Crippen MR) is 219 cm³/mol. The second kappa shape index (κ2) is 20.1. The molecule has 4 aromatic rings. The Balaban J connectivity index is 1.51. The minimum atomic E-state index is -2.35. The summed E-state index contributed by atoms with van der Waals surface area (Å²) in [6.07, 6.45) is 0.712. The molecule has 0 unspecified atom stereocenters. The average Bonchev–Trinajstić information content (AvgIpc) is 3.20. The van der Waals surface area contributed by atoms with Crippen molar-refractivity contribution in [1.29, 1.82) is 0 Å². The lowest BCUT2D eigenvalue weighted by Crippen LogP contribution is -2.48. The lowest BCUT2D eigenvalue weighted by atomic mass is 10.2. The van der Waals surface area contributed by atoms with Gasteiger partial charge in [-0.25, -0.2) is 0 Å². The quantitative estimate of drug-likeness (QED) is 0.152. The molecule has 5 rings (SSSR count). The molecule has 0 atom stereocenters. The standard InChI is InChI=1S/C42H51N4O9P/c1-53-34-8-14-37(15-9-34)56(38-16-10-35(54-2)11-17-38,39-18-12-36(55-3)13-19-39)31-32-4-6-33(7-5-32)46-26-24-44(29-41(49)50)22-20-43(28-40(47)48)21-23-45(25-27-46)30-42(51)52/h4-19H,20-31H2,1-3H3,(H2-,47,48,49,50,51,52)/p+1. The summed E-state index contributed by atoms with van der Waals surface area (Å²) in [7, 11) is 2.63. The first kappa shape index (κ1) is 42.0. The molecule has 0 bridgehead atoms. The van der Waals surface area contributed by atoms with Crippen LogP contribution in [0.4, 0.5) is 5.69 Å². The molecule has 0 saturated carbocycles. The smallest absolute Gasteiger partial charge is 0.317 e. The second-order valence-electron chi connectivity index (χ2n) is 13.7. The van der Waals surface area contributed by atoms with Gasteiger partial charge in [-0.15, -0.1) is 0 Å². The number of methoxy groups -OCH3 is 3. The van der Waals surface area contributed by atoms with Gasteiger partial charge in [0.05, 0.1) is 47.1 Å². The first-order valence-corrected chi connectivity index (χ1v) is 20.5. The number of nitrogens with zero attached hydrogens (tertiary/aromatic N) is 4. The van der Waals surface area contributed by atoms with Crippen molar-refractivity contribution < 1.29 is 43.9 Å². The first-order chi connectivity index (χ1) is 27.0. The summed E-state index contributed by atoms with van der Waals surface area (Å²) in [6.45, 7) is 2.69. The third-order valence-electron chi connectivity index (χ3n) is 10.2. The molecule has 0 radical (unpaired) electrons. The maximum absolute atomic E-state index is 11.8. The van der Waals surface area contributed by atoms with Crippen molar-refractivity contribution in [3.05, 3.63) is 103 Å². The van der Waals surface area contributed by atoms with Crippen LogP contribution in [0.25, 0.3) is 0 Å². The number of carboxylic acid groups (broad SMARTS) is 3. The maximum Gasteiger partial charge on any atom is 0.317 e. The molecule has 0 amide bonds. The molecule has 1 aliphatic rings. The van der Waals surface area contributed by atoms with Crippen LogP contribution in [0.15, 0.2) is 97.1 Å². The SMILES string of the molecule is COc1ccc([P+](Cc2ccc(N3CCN(CC(=O)O)CCN(CC(=O)O)CCN(CC(=O)O)CC3)cc2)(c2ccc(OC)cc2)c2ccc(OC)cc2)cc1. The Morgan fingerprint density at radius 3 is 1.07 bits per heavy atom. The monoisotopic (exact) mass is 787 g/mol. The number of benzene rings is 4. The Labute approximate surface area is 328 Å². The van der Waals surface area contributed by atoms with Crippen molar-refractivity contribution in [2.75, 3.05) is 98.2 Å². The van der Waals surface area contributed by atoms with Crippen molar-refractivity contribution in [2.24, 2.45) is 0 Å². The summed E-state index contributed by atoms with van der Waals surface area (Å²) >= 11 is 0. The number of rotatable bonds is 15. The van der Waals surface area contributed by atoms with Gasteiger partial charge in [-0.05, 0) is 90.5 Å². The molecule has 4 aromatic carbocycles. The van der Waals surface area contributed by atoms with E-state index in [9.17, 15) is 29.7 Å².